The summed E-state index contributed by atoms with van der Waals surface area (Å²) in [6.07, 6.45) is 0.170. The number of nitrogens with two attached hydrogens (primary N) is 1. The van der Waals surface area contributed by atoms with Crippen molar-refractivity contribution in [3.8, 4) is 0 Å². The average molecular weight is 688 g/mol. The molecule has 3 aromatic rings. The maximum Gasteiger partial charge on any atom is 0.347 e. The largest absolute Gasteiger partial charge is 0.469 e. The van der Waals surface area contributed by atoms with Gasteiger partial charge in [0.05, 0.1) is 5.70 Å². The molecule has 48 heavy (non-hydrogen) atoms. The van der Waals surface area contributed by atoms with E-state index in [0.717, 1.165) is 16.7 Å². The molecule has 250 valence electrons. The van der Waals surface area contributed by atoms with E-state index in [-0.39, 0.29) is 28.2 Å². The first-order valence-corrected chi connectivity index (χ1v) is 16.9. The molecule has 5 rings (SSSR count). The second-order valence-corrected chi connectivity index (χ2v) is 13.5. The fourth-order valence-corrected chi connectivity index (χ4v) is 6.99. The maximum atomic E-state index is 13.8. The molecule has 1 unspecified atom stereocenters. The monoisotopic (exact) mass is 687 g/mol. The number of thioether (sulfide) groups is 1. The highest BCUT2D eigenvalue weighted by Gasteiger charge is 2.54. The highest BCUT2D eigenvalue weighted by atomic mass is 32.2. The lowest BCUT2D eigenvalue weighted by Crippen LogP contribution is -2.71. The second-order valence-electron chi connectivity index (χ2n) is 12.0. The molecule has 0 radical (unpaired) electrons. The Balaban J connectivity index is 1.35. The van der Waals surface area contributed by atoms with E-state index in [1.807, 2.05) is 67.6 Å². The number of aromatic nitrogens is 1. The summed E-state index contributed by atoms with van der Waals surface area (Å²) in [6, 6.07) is 23.3. The van der Waals surface area contributed by atoms with Crippen LogP contribution >= 0.6 is 24.0 Å². The minimum Gasteiger partial charge on any atom is -0.469 e. The number of nitrogens with one attached hydrogen (secondary N) is 1. The number of anilines is 1. The Morgan fingerprint density at radius 2 is 1.71 bits per heavy atom. The van der Waals surface area contributed by atoms with Crippen LogP contribution in [0.25, 0.3) is 0 Å². The van der Waals surface area contributed by atoms with Crippen LogP contribution in [0.2, 0.25) is 0 Å². The van der Waals surface area contributed by atoms with Crippen LogP contribution in [0.15, 0.2) is 95.3 Å². The van der Waals surface area contributed by atoms with Gasteiger partial charge < -0.3 is 25.4 Å². The van der Waals surface area contributed by atoms with Crippen LogP contribution in [0.3, 0.4) is 0 Å². The average Bonchev–Trinajstić information content (AvgIpc) is 3.07. The molecule has 2 aliphatic rings. The fourth-order valence-electron chi connectivity index (χ4n) is 5.21. The predicted molar refractivity (Wildman–Crippen MR) is 188 cm³/mol. The predicted octanol–water partition coefficient (Wildman–Crippen LogP) is 4.92. The summed E-state index contributed by atoms with van der Waals surface area (Å²) in [6.45, 7) is 6.63. The number of nitrogen functional groups attached to an aromatic ring is 1. The quantitative estimate of drug-likeness (QED) is 0.0937. The third-order valence-corrected chi connectivity index (χ3v) is 9.00. The number of β-lactam (4-membered cyclic amide) rings is 1. The number of amides is 2. The van der Waals surface area contributed by atoms with Crippen molar-refractivity contribution >= 4 is 58.3 Å². The van der Waals surface area contributed by atoms with Gasteiger partial charge in [-0.2, -0.15) is 0 Å². The molecule has 13 heteroatoms. The number of fused-ring (bicyclic) bond motifs is 1. The van der Waals surface area contributed by atoms with Crippen molar-refractivity contribution in [2.24, 2.45) is 5.16 Å². The van der Waals surface area contributed by atoms with Gasteiger partial charge in [-0.15, -0.1) is 11.8 Å². The van der Waals surface area contributed by atoms with Gasteiger partial charge in [-0.3, -0.25) is 14.5 Å². The van der Waals surface area contributed by atoms with Crippen LogP contribution in [0.1, 0.15) is 57.0 Å². The Morgan fingerprint density at radius 1 is 1.06 bits per heavy atom. The zero-order valence-electron chi connectivity index (χ0n) is 27.0. The van der Waals surface area contributed by atoms with Crippen LogP contribution in [-0.4, -0.2) is 67.8 Å². The van der Waals surface area contributed by atoms with E-state index in [0.29, 0.717) is 17.9 Å². The van der Waals surface area contributed by atoms with Crippen molar-refractivity contribution in [1.29, 1.82) is 0 Å². The molecular formula is C35H37N5O6S2. The van der Waals surface area contributed by atoms with Gasteiger partial charge in [0.15, 0.2) is 5.71 Å². The summed E-state index contributed by atoms with van der Waals surface area (Å²) in [5.41, 5.74) is 8.35. The minimum absolute atomic E-state index is 0.105. The van der Waals surface area contributed by atoms with Crippen LogP contribution in [0, 0.1) is 0 Å². The van der Waals surface area contributed by atoms with E-state index in [1.165, 1.54) is 17.8 Å². The number of hydrogen-bond donors (Lipinski definition) is 2. The molecule has 0 aliphatic carbocycles. The molecule has 0 bridgehead atoms. The fraction of sp³-hybridized carbons (Fsp3) is 0.314. The van der Waals surface area contributed by atoms with Gasteiger partial charge in [0, 0.05) is 5.75 Å². The highest BCUT2D eigenvalue weighted by Crippen LogP contribution is 2.42. The van der Waals surface area contributed by atoms with Crippen molar-refractivity contribution in [3.05, 3.63) is 107 Å². The first-order chi connectivity index (χ1) is 23.0. The zero-order valence-corrected chi connectivity index (χ0v) is 28.7. The van der Waals surface area contributed by atoms with Gasteiger partial charge in [0.1, 0.15) is 34.6 Å². The molecule has 2 aliphatic heterocycles. The molecule has 3 heterocycles. The lowest BCUT2D eigenvalue weighted by Gasteiger charge is -2.50. The number of thiocarbonyl (C=S) groups is 1. The Labute approximate surface area is 288 Å². The third-order valence-electron chi connectivity index (χ3n) is 7.37. The topological polar surface area (TPSA) is 145 Å². The van der Waals surface area contributed by atoms with Gasteiger partial charge in [-0.05, 0) is 68.2 Å². The van der Waals surface area contributed by atoms with Crippen molar-refractivity contribution in [2.75, 3.05) is 18.1 Å². The Kier molecular flexibility index (Phi) is 10.8. The number of pyridine rings is 1. The van der Waals surface area contributed by atoms with Gasteiger partial charge in [-0.1, -0.05) is 78.8 Å². The van der Waals surface area contributed by atoms with Crippen LogP contribution in [0.5, 0.6) is 0 Å². The lowest BCUT2D eigenvalue weighted by molar-refractivity contribution is -0.160. The van der Waals surface area contributed by atoms with Gasteiger partial charge in [0.25, 0.3) is 11.8 Å². The number of ether oxygens (including phenoxy) is 2. The number of esters is 1. The van der Waals surface area contributed by atoms with Crippen LogP contribution in [-0.2, 0) is 28.7 Å². The van der Waals surface area contributed by atoms with Crippen molar-refractivity contribution in [3.63, 3.8) is 0 Å². The zero-order chi connectivity index (χ0) is 34.4. The number of nitrogens with zero attached hydrogens (tertiary/aromatic N) is 3. The standard InChI is InChI=1S/C35H37N5O6S2/c1-5-21-20-48-33-28(38-31(42)27(24-17-12-18-25(36)37-24)39-44-19-26(41)46-35(2,3)4)32(43)40(33)29(21)34(47)45-30(22-13-8-6-9-14-22)23-15-10-7-11-16-23/h6-18,28,30,33H,5,19-20H2,1-4H3,(H2,36,37)(H,38,42)/t28?,33-/m1/s1. The third kappa shape index (κ3) is 8.03. The van der Waals surface area contributed by atoms with E-state index >= 15 is 0 Å². The smallest absolute Gasteiger partial charge is 0.347 e. The lowest BCUT2D eigenvalue weighted by atomic mass is 10.00. The molecule has 3 N–H and O–H groups in total. The summed E-state index contributed by atoms with van der Waals surface area (Å²) in [4.78, 5) is 50.5. The summed E-state index contributed by atoms with van der Waals surface area (Å²) < 4.78 is 11.7. The van der Waals surface area contributed by atoms with E-state index in [1.54, 1.807) is 37.8 Å². The number of carbonyl (C=O) groups is 3. The molecule has 11 nitrogen and oxygen atoms in total. The summed E-state index contributed by atoms with van der Waals surface area (Å²) >= 11 is 7.41. The van der Waals surface area contributed by atoms with E-state index in [2.05, 4.69) is 15.5 Å². The molecule has 1 aromatic heterocycles. The molecule has 2 atom stereocenters. The van der Waals surface area contributed by atoms with Crippen molar-refractivity contribution in [2.45, 2.75) is 57.2 Å². The van der Waals surface area contributed by atoms with E-state index < -0.39 is 41.6 Å². The molecular weight excluding hydrogens is 651 g/mol. The number of rotatable bonds is 11. The highest BCUT2D eigenvalue weighted by molar-refractivity contribution is 8.00. The molecule has 1 fully saturated rings. The number of hydrogen-bond acceptors (Lipinski definition) is 11. The van der Waals surface area contributed by atoms with Crippen molar-refractivity contribution in [1.82, 2.24) is 15.2 Å². The van der Waals surface area contributed by atoms with Crippen LogP contribution in [0.4, 0.5) is 5.82 Å². The molecule has 2 amide bonds. The number of carbonyl (C=O) groups excluding carboxylic acids is 3. The molecule has 2 aromatic carbocycles. The summed E-state index contributed by atoms with van der Waals surface area (Å²) in [7, 11) is 0. The molecule has 0 spiro atoms. The first kappa shape index (κ1) is 34.6. The summed E-state index contributed by atoms with van der Waals surface area (Å²) in [5, 5.41) is 6.44. The van der Waals surface area contributed by atoms with E-state index in [9.17, 15) is 14.4 Å². The molecule has 0 saturated carbocycles. The number of oxime groups is 1. The first-order valence-electron chi connectivity index (χ1n) is 15.4. The van der Waals surface area contributed by atoms with Crippen LogP contribution < -0.4 is 11.1 Å². The Hall–Kier alpha value is -4.75. The maximum absolute atomic E-state index is 13.8. The molecule has 1 saturated heterocycles. The van der Waals surface area contributed by atoms with Crippen molar-refractivity contribution < 1.29 is 28.7 Å². The normalized spacial score (nSPS) is 17.7. The minimum atomic E-state index is -0.894. The Bertz CT molecular complexity index is 1700. The second kappa shape index (κ2) is 15.0. The summed E-state index contributed by atoms with van der Waals surface area (Å²) in [5.74, 6) is -1.00. The van der Waals surface area contributed by atoms with Gasteiger partial charge >= 0.3 is 5.97 Å². The SMILES string of the molecule is CCC1=C(C(=S)OC(c2ccccc2)c2ccccc2)N2C(=O)C(NC(=O)C(=NOCC(=O)OC(C)(C)C)c3cccc(N)n3)[C@H]2SC1. The van der Waals surface area contributed by atoms with Gasteiger partial charge in [-0.25, -0.2) is 9.78 Å². The number of benzene rings is 2. The van der Waals surface area contributed by atoms with E-state index in [4.69, 9.17) is 32.3 Å². The Morgan fingerprint density at radius 3 is 2.29 bits per heavy atom. The van der Waals surface area contributed by atoms with Gasteiger partial charge in [0.2, 0.25) is 11.7 Å².